The van der Waals surface area contributed by atoms with Crippen LogP contribution in [0, 0.1) is 0 Å². The van der Waals surface area contributed by atoms with Gasteiger partial charge in [0.25, 0.3) is 0 Å². The van der Waals surface area contributed by atoms with Crippen LogP contribution in [0.5, 0.6) is 0 Å². The Morgan fingerprint density at radius 1 is 1.36 bits per heavy atom. The summed E-state index contributed by atoms with van der Waals surface area (Å²) in [7, 11) is 0. The average Bonchev–Trinajstić information content (AvgIpc) is 2.80. The van der Waals surface area contributed by atoms with Crippen molar-refractivity contribution in [2.45, 2.75) is 42.1 Å². The van der Waals surface area contributed by atoms with Gasteiger partial charge in [-0.3, -0.25) is 9.59 Å². The number of thioether (sulfide) groups is 1. The summed E-state index contributed by atoms with van der Waals surface area (Å²) >= 11 is 1.38. The molecule has 1 aromatic rings. The van der Waals surface area contributed by atoms with Gasteiger partial charge in [-0.1, -0.05) is 30.3 Å². The van der Waals surface area contributed by atoms with Gasteiger partial charge in [0.05, 0.1) is 0 Å². The van der Waals surface area contributed by atoms with Gasteiger partial charge in [0, 0.05) is 4.75 Å². The van der Waals surface area contributed by atoms with Crippen molar-refractivity contribution >= 4 is 67.3 Å². The molecule has 7 nitrogen and oxygen atoms in total. The first kappa shape index (κ1) is 20.5. The Kier molecular flexibility index (Phi) is 6.10. The molecule has 9 heteroatoms. The van der Waals surface area contributed by atoms with Crippen LogP contribution >= 0.6 is 11.8 Å². The van der Waals surface area contributed by atoms with E-state index >= 15 is 0 Å². The van der Waals surface area contributed by atoms with Crippen molar-refractivity contribution in [1.29, 1.82) is 0 Å². The van der Waals surface area contributed by atoms with Crippen LogP contribution in [-0.4, -0.2) is 87.7 Å². The molecule has 2 heterocycles. The van der Waals surface area contributed by atoms with Crippen molar-refractivity contribution < 1.29 is 22.3 Å². The van der Waals surface area contributed by atoms with Gasteiger partial charge in [-0.25, -0.2) is 4.79 Å². The van der Waals surface area contributed by atoms with E-state index in [1.165, 1.54) is 16.7 Å². The molecule has 2 amide bonds. The summed E-state index contributed by atoms with van der Waals surface area (Å²) in [6.07, 6.45) is 0. The molecule has 0 aliphatic carbocycles. The van der Waals surface area contributed by atoms with Crippen LogP contribution in [0.1, 0.15) is 28.3 Å². The number of carboxylic acid groups (broad SMARTS) is 1. The number of carbonyl (C=O) groups excluding carboxylic acids is 2. The molecule has 4 N–H and O–H groups in total. The van der Waals surface area contributed by atoms with Gasteiger partial charge < -0.3 is 23.9 Å². The zero-order valence-electron chi connectivity index (χ0n) is 16.0. The summed E-state index contributed by atoms with van der Waals surface area (Å²) in [5.41, 5.74) is 6.59. The Bertz CT molecular complexity index is 710. The molecule has 1 aromatic carbocycles. The topological polar surface area (TPSA) is 113 Å². The number of rotatable bonds is 4. The summed E-state index contributed by atoms with van der Waals surface area (Å²) < 4.78 is -0.618. The Morgan fingerprint density at radius 3 is 2.52 bits per heavy atom. The number of amides is 2. The van der Waals surface area contributed by atoms with Crippen molar-refractivity contribution in [3.8, 4) is 0 Å². The van der Waals surface area contributed by atoms with E-state index in [0.29, 0.717) is 5.56 Å². The van der Waals surface area contributed by atoms with Crippen LogP contribution < -0.4 is 11.1 Å². The van der Waals surface area contributed by atoms with Gasteiger partial charge in [-0.15, -0.1) is 11.8 Å². The third-order valence-electron chi connectivity index (χ3n) is 4.41. The normalized spacial score (nSPS) is 27.6. The minimum Gasteiger partial charge on any atom is -1.00 e. The zero-order valence-corrected chi connectivity index (χ0v) is 17.0. The number of nitrogens with one attached hydrogen (secondary N) is 1. The van der Waals surface area contributed by atoms with Crippen LogP contribution in [0.2, 0.25) is 0 Å². The average molecular weight is 392 g/mol. The summed E-state index contributed by atoms with van der Waals surface area (Å²) in [5.74, 6) is -1.86. The van der Waals surface area contributed by atoms with E-state index in [4.69, 9.17) is 5.73 Å². The van der Waals surface area contributed by atoms with Crippen molar-refractivity contribution in [1.82, 2.24) is 10.2 Å². The van der Waals surface area contributed by atoms with Crippen molar-refractivity contribution in [2.24, 2.45) is 5.73 Å². The second kappa shape index (κ2) is 7.44. The molecule has 2 saturated heterocycles. The monoisotopic (exact) mass is 391 g/mol. The molecular formula is C16H21CaN3O4S. The van der Waals surface area contributed by atoms with E-state index in [2.05, 4.69) is 5.32 Å². The molecule has 0 bridgehead atoms. The number of nitrogens with zero attached hydrogens (tertiary/aromatic N) is 1. The number of β-lactam (4-membered cyclic amide) rings is 1. The minimum atomic E-state index is -1.03. The molecule has 4 atom stereocenters. The smallest absolute Gasteiger partial charge is 1.00 e. The maximum Gasteiger partial charge on any atom is 2.00 e. The Hall–Kier alpha value is -0.800. The molecule has 25 heavy (non-hydrogen) atoms. The van der Waals surface area contributed by atoms with E-state index < -0.39 is 34.7 Å². The fourth-order valence-electron chi connectivity index (χ4n) is 3.20. The SMILES string of the molecule is CC1(C)S[C@@H]2[C@H](NC(=O)[C@H](N)c3ccccc3)C(=O)N2[C@H]1C(=O)O.[Ca+2].[H-].[H-]. The van der Waals surface area contributed by atoms with E-state index in [0.717, 1.165) is 0 Å². The molecule has 2 aliphatic heterocycles. The number of carbonyl (C=O) groups is 3. The Morgan fingerprint density at radius 2 is 1.96 bits per heavy atom. The zero-order chi connectivity index (χ0) is 17.6. The van der Waals surface area contributed by atoms with Gasteiger partial charge >= 0.3 is 43.7 Å². The number of nitrogens with two attached hydrogens (primary N) is 1. The second-order valence-corrected chi connectivity index (χ2v) is 8.24. The number of benzene rings is 1. The maximum absolute atomic E-state index is 12.3. The van der Waals surface area contributed by atoms with Gasteiger partial charge in [-0.05, 0) is 19.4 Å². The first-order valence-corrected chi connectivity index (χ1v) is 8.45. The number of fused-ring (bicyclic) bond motifs is 1. The molecule has 2 aliphatic rings. The van der Waals surface area contributed by atoms with E-state index in [9.17, 15) is 19.5 Å². The molecule has 0 spiro atoms. The maximum atomic E-state index is 12.3. The third-order valence-corrected chi connectivity index (χ3v) is 5.99. The van der Waals surface area contributed by atoms with Crippen LogP contribution in [0.25, 0.3) is 0 Å². The Labute approximate surface area is 182 Å². The van der Waals surface area contributed by atoms with E-state index in [1.807, 2.05) is 6.07 Å². The first-order chi connectivity index (χ1) is 11.2. The molecule has 0 radical (unpaired) electrons. The van der Waals surface area contributed by atoms with Gasteiger partial charge in [0.15, 0.2) is 0 Å². The summed E-state index contributed by atoms with van der Waals surface area (Å²) in [4.78, 5) is 37.5. The predicted molar refractivity (Wildman–Crippen MR) is 97.0 cm³/mol. The number of carboxylic acids is 1. The number of hydrogen-bond donors (Lipinski definition) is 3. The Balaban J connectivity index is 0.00000225. The number of hydrogen-bond acceptors (Lipinski definition) is 5. The predicted octanol–water partition coefficient (Wildman–Crippen LogP) is 0.162. The summed E-state index contributed by atoms with van der Waals surface area (Å²) in [6, 6.07) is 6.38. The molecule has 0 unspecified atom stereocenters. The van der Waals surface area contributed by atoms with Crippen LogP contribution in [0.4, 0.5) is 0 Å². The standard InChI is InChI=1S/C16H19N3O4S.Ca.2H/c1-16(2)11(15(22)23)19-13(21)10(14(19)24-16)18-12(20)9(17)8-6-4-3-5-7-8;;;/h3-7,9-11,14H,17H2,1-2H3,(H,18,20)(H,22,23);;;/q;+2;2*-1/t9-,10-,11+,14-;;;/m1.../s1. The molecule has 132 valence electrons. The van der Waals surface area contributed by atoms with E-state index in [1.54, 1.807) is 38.1 Å². The van der Waals surface area contributed by atoms with E-state index in [-0.39, 0.29) is 51.9 Å². The number of aliphatic carboxylic acids is 1. The molecule has 0 aromatic heterocycles. The summed E-state index contributed by atoms with van der Waals surface area (Å²) in [6.45, 7) is 3.58. The van der Waals surface area contributed by atoms with Crippen molar-refractivity contribution in [3.63, 3.8) is 0 Å². The van der Waals surface area contributed by atoms with Gasteiger partial charge in [0.1, 0.15) is 23.5 Å². The van der Waals surface area contributed by atoms with Crippen LogP contribution in [0.3, 0.4) is 0 Å². The molecule has 0 saturated carbocycles. The fourth-order valence-corrected chi connectivity index (χ4v) is 4.83. The third kappa shape index (κ3) is 3.55. The van der Waals surface area contributed by atoms with Gasteiger partial charge in [-0.2, -0.15) is 0 Å². The van der Waals surface area contributed by atoms with Crippen LogP contribution in [0.15, 0.2) is 30.3 Å². The van der Waals surface area contributed by atoms with Crippen LogP contribution in [-0.2, 0) is 14.4 Å². The minimum absolute atomic E-state index is 0. The quantitative estimate of drug-likeness (QED) is 0.498. The second-order valence-electron chi connectivity index (χ2n) is 6.47. The van der Waals surface area contributed by atoms with Gasteiger partial charge in [0.2, 0.25) is 11.8 Å². The molecular weight excluding hydrogens is 370 g/mol. The molecule has 3 rings (SSSR count). The first-order valence-electron chi connectivity index (χ1n) is 7.58. The molecule has 2 fully saturated rings. The largest absolute Gasteiger partial charge is 2.00 e. The van der Waals surface area contributed by atoms with Crippen molar-refractivity contribution in [3.05, 3.63) is 35.9 Å². The van der Waals surface area contributed by atoms with Crippen molar-refractivity contribution in [2.75, 3.05) is 0 Å². The fraction of sp³-hybridized carbons (Fsp3) is 0.438. The summed E-state index contributed by atoms with van der Waals surface area (Å²) in [5, 5.41) is 11.7.